The van der Waals surface area contributed by atoms with Crippen molar-refractivity contribution in [2.45, 2.75) is 0 Å². The normalized spacial score (nSPS) is 9.23. The van der Waals surface area contributed by atoms with E-state index in [1.165, 1.54) is 0 Å². The van der Waals surface area contributed by atoms with Gasteiger partial charge in [-0.1, -0.05) is 6.07 Å². The zero-order chi connectivity index (χ0) is 9.52. The monoisotopic (exact) mass is 180 g/mol. The minimum absolute atomic E-state index is 0.304. The van der Waals surface area contributed by atoms with E-state index in [2.05, 4.69) is 15.6 Å². The Morgan fingerprint density at radius 1 is 1.38 bits per heavy atom. The Morgan fingerprint density at radius 2 is 2.23 bits per heavy atom. The van der Waals surface area contributed by atoms with Gasteiger partial charge in [0.25, 0.3) is 0 Å². The standard InChI is InChI=1S/C8H10N3O2/c12-8(13)11-6-5-10-7-3-1-2-4-9-7/h1-4,11H,5-6H2,(H,9,10). The van der Waals surface area contributed by atoms with Gasteiger partial charge in [-0.3, -0.25) is 0 Å². The number of amides is 1. The molecular formula is C8H10N3O2. The summed E-state index contributed by atoms with van der Waals surface area (Å²) >= 11 is 0. The lowest BCUT2D eigenvalue weighted by atomic mass is 10.4. The summed E-state index contributed by atoms with van der Waals surface area (Å²) in [7, 11) is 0. The molecule has 0 aliphatic carbocycles. The topological polar surface area (TPSA) is 73.9 Å². The third kappa shape index (κ3) is 3.95. The summed E-state index contributed by atoms with van der Waals surface area (Å²) < 4.78 is 0. The molecule has 0 aliphatic heterocycles. The maximum atomic E-state index is 9.95. The van der Waals surface area contributed by atoms with Gasteiger partial charge in [0.2, 0.25) is 0 Å². The largest absolute Gasteiger partial charge is 0.450 e. The van der Waals surface area contributed by atoms with E-state index < -0.39 is 6.09 Å². The van der Waals surface area contributed by atoms with E-state index in [9.17, 15) is 9.90 Å². The van der Waals surface area contributed by atoms with Gasteiger partial charge in [-0.15, -0.1) is 0 Å². The van der Waals surface area contributed by atoms with E-state index in [-0.39, 0.29) is 0 Å². The molecule has 1 aromatic heterocycles. The highest BCUT2D eigenvalue weighted by Gasteiger charge is 1.95. The van der Waals surface area contributed by atoms with E-state index in [0.717, 1.165) is 5.82 Å². The molecule has 13 heavy (non-hydrogen) atoms. The van der Waals surface area contributed by atoms with Gasteiger partial charge in [-0.05, 0) is 12.1 Å². The van der Waals surface area contributed by atoms with Crippen LogP contribution in [0.15, 0.2) is 24.4 Å². The summed E-state index contributed by atoms with van der Waals surface area (Å²) in [5.74, 6) is 0.725. The molecule has 5 heteroatoms. The van der Waals surface area contributed by atoms with E-state index in [1.807, 2.05) is 12.1 Å². The zero-order valence-corrected chi connectivity index (χ0v) is 6.99. The summed E-state index contributed by atoms with van der Waals surface area (Å²) in [6.07, 6.45) is 0.400. The lowest BCUT2D eigenvalue weighted by Gasteiger charge is -2.03. The second kappa shape index (κ2) is 4.97. The fourth-order valence-corrected chi connectivity index (χ4v) is 0.822. The number of nitrogens with one attached hydrogen (secondary N) is 2. The van der Waals surface area contributed by atoms with Crippen molar-refractivity contribution in [1.29, 1.82) is 0 Å². The molecule has 1 amide bonds. The second-order valence-electron chi connectivity index (χ2n) is 2.36. The molecule has 5 nitrogen and oxygen atoms in total. The van der Waals surface area contributed by atoms with E-state index in [0.29, 0.717) is 13.1 Å². The number of anilines is 1. The van der Waals surface area contributed by atoms with Crippen molar-refractivity contribution < 1.29 is 9.90 Å². The number of aromatic nitrogens is 1. The molecule has 0 aliphatic rings. The van der Waals surface area contributed by atoms with E-state index in [4.69, 9.17) is 0 Å². The summed E-state index contributed by atoms with van der Waals surface area (Å²) in [5.41, 5.74) is 0. The highest BCUT2D eigenvalue weighted by molar-refractivity contribution is 5.63. The molecule has 1 heterocycles. The molecule has 1 aromatic rings. The fraction of sp³-hybridized carbons (Fsp3) is 0.250. The number of hydrogen-bond acceptors (Lipinski definition) is 3. The van der Waals surface area contributed by atoms with Crippen molar-refractivity contribution in [3.8, 4) is 0 Å². The van der Waals surface area contributed by atoms with Gasteiger partial charge in [0, 0.05) is 19.3 Å². The van der Waals surface area contributed by atoms with Gasteiger partial charge in [0.1, 0.15) is 5.82 Å². The van der Waals surface area contributed by atoms with Crippen LogP contribution in [0.25, 0.3) is 0 Å². The van der Waals surface area contributed by atoms with Crippen LogP contribution in [-0.2, 0) is 5.11 Å². The first kappa shape index (κ1) is 9.31. The smallest absolute Gasteiger partial charge is 0.368 e. The lowest BCUT2D eigenvalue weighted by Crippen LogP contribution is -2.26. The third-order valence-electron chi connectivity index (χ3n) is 1.37. The van der Waals surface area contributed by atoms with Crippen LogP contribution in [0.2, 0.25) is 0 Å². The van der Waals surface area contributed by atoms with Crippen LogP contribution in [0.5, 0.6) is 0 Å². The van der Waals surface area contributed by atoms with Crippen molar-refractivity contribution in [3.05, 3.63) is 24.4 Å². The first-order valence-corrected chi connectivity index (χ1v) is 3.89. The lowest BCUT2D eigenvalue weighted by molar-refractivity contribution is 0.169. The maximum absolute atomic E-state index is 9.95. The zero-order valence-electron chi connectivity index (χ0n) is 6.99. The molecule has 69 valence electrons. The number of nitrogens with zero attached hydrogens (tertiary/aromatic N) is 1. The van der Waals surface area contributed by atoms with Gasteiger partial charge in [-0.25, -0.2) is 14.9 Å². The van der Waals surface area contributed by atoms with Crippen molar-refractivity contribution in [1.82, 2.24) is 10.3 Å². The molecule has 0 atom stereocenters. The predicted molar refractivity (Wildman–Crippen MR) is 46.8 cm³/mol. The maximum Gasteiger partial charge on any atom is 0.450 e. The van der Waals surface area contributed by atoms with Crippen LogP contribution >= 0.6 is 0 Å². The Labute approximate surface area is 75.8 Å². The summed E-state index contributed by atoms with van der Waals surface area (Å²) in [6, 6.07) is 5.46. The molecule has 0 saturated heterocycles. The minimum Gasteiger partial charge on any atom is -0.368 e. The van der Waals surface area contributed by atoms with Crippen LogP contribution < -0.4 is 10.6 Å². The minimum atomic E-state index is -1.26. The molecular weight excluding hydrogens is 170 g/mol. The highest BCUT2D eigenvalue weighted by atomic mass is 16.4. The van der Waals surface area contributed by atoms with E-state index >= 15 is 0 Å². The van der Waals surface area contributed by atoms with Crippen molar-refractivity contribution in [2.24, 2.45) is 0 Å². The van der Waals surface area contributed by atoms with Crippen LogP contribution in [-0.4, -0.2) is 24.2 Å². The number of carbonyl (C=O) groups excluding carboxylic acids is 1. The number of rotatable bonds is 4. The molecule has 0 spiro atoms. The average molecular weight is 180 g/mol. The average Bonchev–Trinajstić information content (AvgIpc) is 2.14. The van der Waals surface area contributed by atoms with Gasteiger partial charge in [-0.2, -0.15) is 0 Å². The van der Waals surface area contributed by atoms with Gasteiger partial charge >= 0.3 is 6.09 Å². The van der Waals surface area contributed by atoms with Crippen LogP contribution in [0.4, 0.5) is 10.6 Å². The Hall–Kier alpha value is -1.78. The molecule has 0 unspecified atom stereocenters. The molecule has 0 fully saturated rings. The molecule has 0 aromatic carbocycles. The molecule has 1 radical (unpaired) electrons. The molecule has 0 saturated carbocycles. The summed E-state index contributed by atoms with van der Waals surface area (Å²) in [5, 5.41) is 15.0. The van der Waals surface area contributed by atoms with Crippen molar-refractivity contribution in [2.75, 3.05) is 18.4 Å². The molecule has 1 rings (SSSR count). The van der Waals surface area contributed by atoms with Gasteiger partial charge in [0.15, 0.2) is 0 Å². The Bertz CT molecular complexity index is 263. The van der Waals surface area contributed by atoms with Crippen LogP contribution in [0.3, 0.4) is 0 Å². The fourth-order valence-electron chi connectivity index (χ4n) is 0.822. The quantitative estimate of drug-likeness (QED) is 0.667. The van der Waals surface area contributed by atoms with Gasteiger partial charge in [0.05, 0.1) is 0 Å². The van der Waals surface area contributed by atoms with Crippen molar-refractivity contribution >= 4 is 11.9 Å². The first-order chi connectivity index (χ1) is 6.29. The number of carbonyl (C=O) groups is 1. The predicted octanol–water partition coefficient (Wildman–Crippen LogP) is 0.634. The Morgan fingerprint density at radius 3 is 2.85 bits per heavy atom. The SMILES string of the molecule is [O]C(=O)NCCNc1ccccn1. The highest BCUT2D eigenvalue weighted by Crippen LogP contribution is 1.97. The van der Waals surface area contributed by atoms with Crippen LogP contribution in [0, 0.1) is 0 Å². The van der Waals surface area contributed by atoms with E-state index in [1.54, 1.807) is 12.3 Å². The Balaban J connectivity index is 2.17. The molecule has 0 bridgehead atoms. The summed E-state index contributed by atoms with van der Waals surface area (Å²) in [4.78, 5) is 13.9. The molecule has 2 N–H and O–H groups in total. The Kier molecular flexibility index (Phi) is 3.56. The van der Waals surface area contributed by atoms with Gasteiger partial charge < -0.3 is 10.6 Å². The van der Waals surface area contributed by atoms with Crippen LogP contribution in [0.1, 0.15) is 0 Å². The van der Waals surface area contributed by atoms with Crippen molar-refractivity contribution in [3.63, 3.8) is 0 Å². The first-order valence-electron chi connectivity index (χ1n) is 3.89. The number of hydrogen-bond donors (Lipinski definition) is 2. The summed E-state index contributed by atoms with van der Waals surface area (Å²) in [6.45, 7) is 0.796. The third-order valence-corrected chi connectivity index (χ3v) is 1.37. The second-order valence-corrected chi connectivity index (χ2v) is 2.36. The number of pyridine rings is 1.